The Morgan fingerprint density at radius 2 is 1.74 bits per heavy atom. The molecule has 0 saturated carbocycles. The summed E-state index contributed by atoms with van der Waals surface area (Å²) in [5.41, 5.74) is 2.30. The normalized spacial score (nSPS) is 27.8. The molecule has 1 aromatic rings. The summed E-state index contributed by atoms with van der Waals surface area (Å²) in [6, 6.07) is 2.06. The molecule has 0 bridgehead atoms. The van der Waals surface area contributed by atoms with E-state index >= 15 is 0 Å². The van der Waals surface area contributed by atoms with Gasteiger partial charge in [-0.1, -0.05) is 37.8 Å². The molecule has 0 aromatic carbocycles. The summed E-state index contributed by atoms with van der Waals surface area (Å²) < 4.78 is 16.3. The third-order valence-corrected chi connectivity index (χ3v) is 5.78. The third-order valence-electron chi connectivity index (χ3n) is 5.78. The minimum Gasteiger partial charge on any atom is -0.492 e. The van der Waals surface area contributed by atoms with E-state index in [1.807, 2.05) is 6.20 Å². The zero-order chi connectivity index (χ0) is 22.1. The maximum Gasteiger partial charge on any atom is 0.184 e. The van der Waals surface area contributed by atoms with Gasteiger partial charge in [0, 0.05) is 12.3 Å². The smallest absolute Gasteiger partial charge is 0.184 e. The number of ether oxygens (including phenoxy) is 3. The topological polar surface area (TPSA) is 122 Å². The second-order valence-corrected chi connectivity index (χ2v) is 8.18. The number of aryl methyl sites for hydroxylation is 1. The lowest BCUT2D eigenvalue weighted by atomic mass is 9.99. The molecule has 0 radical (unpaired) electrons. The molecule has 2 heterocycles. The number of rotatable bonds is 12. The number of hydrogen-bond donors (Lipinski definition) is 4. The summed E-state index contributed by atoms with van der Waals surface area (Å²) in [6.45, 7) is 0.599. The first-order valence-electron chi connectivity index (χ1n) is 11.3. The molecular formula is C23H35NO7. The van der Waals surface area contributed by atoms with Crippen molar-refractivity contribution in [3.63, 3.8) is 0 Å². The predicted octanol–water partition coefficient (Wildman–Crippen LogP) is 1.58. The van der Waals surface area contributed by atoms with Crippen molar-refractivity contribution in [3.05, 3.63) is 29.6 Å². The fourth-order valence-electron chi connectivity index (χ4n) is 3.94. The van der Waals surface area contributed by atoms with E-state index in [9.17, 15) is 20.4 Å². The highest BCUT2D eigenvalue weighted by atomic mass is 16.6. The molecule has 8 nitrogen and oxygen atoms in total. The quantitative estimate of drug-likeness (QED) is 0.364. The number of hydrogen-bond acceptors (Lipinski definition) is 8. The van der Waals surface area contributed by atoms with E-state index < -0.39 is 37.3 Å². The lowest BCUT2D eigenvalue weighted by Crippen LogP contribution is -2.59. The first-order valence-corrected chi connectivity index (χ1v) is 11.3. The fourth-order valence-corrected chi connectivity index (χ4v) is 3.94. The first-order chi connectivity index (χ1) is 15.1. The average Bonchev–Trinajstić information content (AvgIpc) is 2.79. The van der Waals surface area contributed by atoms with Crippen LogP contribution in [0.1, 0.15) is 56.2 Å². The number of aromatic nitrogens is 1. The van der Waals surface area contributed by atoms with Crippen LogP contribution in [0, 0.1) is 0 Å². The van der Waals surface area contributed by atoms with Gasteiger partial charge in [-0.25, -0.2) is 0 Å². The van der Waals surface area contributed by atoms with Crippen LogP contribution in [0.3, 0.4) is 0 Å². The van der Waals surface area contributed by atoms with Crippen LogP contribution in [0.15, 0.2) is 18.3 Å². The number of fused-ring (bicyclic) bond motifs is 1. The molecule has 2 aliphatic rings. The fraction of sp³-hybridized carbons (Fsp3) is 0.696. The van der Waals surface area contributed by atoms with Crippen LogP contribution in [0.2, 0.25) is 0 Å². The Hall–Kier alpha value is -1.55. The van der Waals surface area contributed by atoms with E-state index in [-0.39, 0.29) is 0 Å². The third kappa shape index (κ3) is 6.97. The number of allylic oxidation sites excluding steroid dienone is 1. The maximum atomic E-state index is 10.1. The second kappa shape index (κ2) is 12.5. The average molecular weight is 438 g/mol. The Morgan fingerprint density at radius 3 is 2.52 bits per heavy atom. The van der Waals surface area contributed by atoms with Crippen molar-refractivity contribution in [1.29, 1.82) is 0 Å². The van der Waals surface area contributed by atoms with Crippen molar-refractivity contribution in [2.45, 2.75) is 82.1 Å². The van der Waals surface area contributed by atoms with Crippen LogP contribution in [-0.4, -0.2) is 75.9 Å². The molecule has 0 amide bonds. The maximum absolute atomic E-state index is 10.1. The molecule has 4 N–H and O–H groups in total. The number of unbranched alkanes of at least 4 members (excludes halogenated alkanes) is 5. The Balaban J connectivity index is 1.21. The zero-order valence-electron chi connectivity index (χ0n) is 17.9. The summed E-state index contributed by atoms with van der Waals surface area (Å²) in [5, 5.41) is 38.8. The highest BCUT2D eigenvalue weighted by Crippen LogP contribution is 2.23. The number of aliphatic hydroxyl groups is 4. The summed E-state index contributed by atoms with van der Waals surface area (Å²) in [4.78, 5) is 4.48. The van der Waals surface area contributed by atoms with Crippen molar-refractivity contribution in [2.75, 3.05) is 19.8 Å². The summed E-state index contributed by atoms with van der Waals surface area (Å²) in [5.74, 6) is 0.827. The van der Waals surface area contributed by atoms with Crippen LogP contribution < -0.4 is 4.74 Å². The van der Waals surface area contributed by atoms with Crippen LogP contribution in [0.4, 0.5) is 0 Å². The largest absolute Gasteiger partial charge is 0.492 e. The van der Waals surface area contributed by atoms with Gasteiger partial charge in [0.15, 0.2) is 6.29 Å². The lowest BCUT2D eigenvalue weighted by Gasteiger charge is -2.39. The molecule has 8 heteroatoms. The van der Waals surface area contributed by atoms with Gasteiger partial charge in [0.1, 0.15) is 30.2 Å². The SMILES string of the molecule is OC[C@H]1OC(O)[C@H](O)[C@@H](OCCCCCCCCOc2cnc3c(c2)C=CCC3)[C@@H]1O. The molecule has 1 fully saturated rings. The zero-order valence-corrected chi connectivity index (χ0v) is 17.9. The van der Waals surface area contributed by atoms with Gasteiger partial charge in [0.05, 0.1) is 19.4 Å². The van der Waals surface area contributed by atoms with Crippen molar-refractivity contribution >= 4 is 6.08 Å². The van der Waals surface area contributed by atoms with Crippen LogP contribution in [0.25, 0.3) is 6.08 Å². The van der Waals surface area contributed by atoms with Crippen molar-refractivity contribution < 1.29 is 34.6 Å². The van der Waals surface area contributed by atoms with Crippen molar-refractivity contribution in [1.82, 2.24) is 4.98 Å². The van der Waals surface area contributed by atoms with Crippen molar-refractivity contribution in [2.24, 2.45) is 0 Å². The summed E-state index contributed by atoms with van der Waals surface area (Å²) >= 11 is 0. The van der Waals surface area contributed by atoms with Gasteiger partial charge in [-0.05, 0) is 37.3 Å². The molecule has 3 rings (SSSR count). The molecule has 1 aliphatic heterocycles. The Labute approximate surface area is 183 Å². The Morgan fingerprint density at radius 1 is 1.00 bits per heavy atom. The highest BCUT2D eigenvalue weighted by Gasteiger charge is 2.44. The highest BCUT2D eigenvalue weighted by molar-refractivity contribution is 5.55. The van der Waals surface area contributed by atoms with Crippen LogP contribution in [0.5, 0.6) is 5.75 Å². The van der Waals surface area contributed by atoms with Crippen LogP contribution in [-0.2, 0) is 15.9 Å². The van der Waals surface area contributed by atoms with Crippen LogP contribution >= 0.6 is 0 Å². The van der Waals surface area contributed by atoms with E-state index in [0.29, 0.717) is 13.2 Å². The molecule has 5 atom stereocenters. The van der Waals surface area contributed by atoms with Crippen molar-refractivity contribution in [3.8, 4) is 5.75 Å². The van der Waals surface area contributed by atoms with E-state index in [2.05, 4.69) is 23.2 Å². The number of aliphatic hydroxyl groups excluding tert-OH is 4. The van der Waals surface area contributed by atoms with E-state index in [1.165, 1.54) is 0 Å². The Kier molecular flexibility index (Phi) is 9.70. The van der Waals surface area contributed by atoms with Gasteiger partial charge in [-0.15, -0.1) is 0 Å². The Bertz CT molecular complexity index is 699. The van der Waals surface area contributed by atoms with Gasteiger partial charge in [-0.2, -0.15) is 0 Å². The van der Waals surface area contributed by atoms with Gasteiger partial charge in [0.2, 0.25) is 0 Å². The van der Waals surface area contributed by atoms with Gasteiger partial charge < -0.3 is 34.6 Å². The van der Waals surface area contributed by atoms with Gasteiger partial charge >= 0.3 is 0 Å². The number of nitrogens with zero attached hydrogens (tertiary/aromatic N) is 1. The molecule has 1 aliphatic carbocycles. The van der Waals surface area contributed by atoms with Gasteiger partial charge in [0.25, 0.3) is 0 Å². The minimum atomic E-state index is -1.47. The van der Waals surface area contributed by atoms with E-state index in [0.717, 1.165) is 68.4 Å². The summed E-state index contributed by atoms with van der Waals surface area (Å²) in [7, 11) is 0. The molecular weight excluding hydrogens is 402 g/mol. The molecule has 1 aromatic heterocycles. The van der Waals surface area contributed by atoms with Gasteiger partial charge in [-0.3, -0.25) is 4.98 Å². The monoisotopic (exact) mass is 437 g/mol. The predicted molar refractivity (Wildman–Crippen MR) is 115 cm³/mol. The molecule has 1 unspecified atom stereocenters. The second-order valence-electron chi connectivity index (χ2n) is 8.18. The van der Waals surface area contributed by atoms with E-state index in [1.54, 1.807) is 0 Å². The molecule has 31 heavy (non-hydrogen) atoms. The first kappa shape index (κ1) is 24.1. The van der Waals surface area contributed by atoms with E-state index in [4.69, 9.17) is 14.2 Å². The lowest BCUT2D eigenvalue weighted by molar-refractivity contribution is -0.294. The molecule has 174 valence electrons. The molecule has 1 saturated heterocycles. The minimum absolute atomic E-state index is 0.368. The number of pyridine rings is 1. The summed E-state index contributed by atoms with van der Waals surface area (Å²) in [6.07, 6.45) is 8.24. The standard InChI is InChI=1S/C23H35NO7/c25-15-19-20(26)22(21(27)23(28)31-19)30-12-8-4-2-1-3-7-11-29-17-13-16-9-5-6-10-18(16)24-14-17/h5,9,13-14,19-23,25-28H,1-4,6-8,10-12,15H2/t19-,20-,21-,22+,23?/m1/s1. The molecule has 0 spiro atoms.